The Balaban J connectivity index is 1.88. The van der Waals surface area contributed by atoms with Crippen LogP contribution in [-0.2, 0) is 9.59 Å². The summed E-state index contributed by atoms with van der Waals surface area (Å²) in [6.45, 7) is 4.41. The van der Waals surface area contributed by atoms with E-state index in [4.69, 9.17) is 5.11 Å². The van der Waals surface area contributed by atoms with Crippen LogP contribution >= 0.6 is 0 Å². The largest absolute Gasteiger partial charge is 0.481 e. The van der Waals surface area contributed by atoms with E-state index in [1.807, 2.05) is 4.90 Å². The normalized spacial score (nSPS) is 27.6. The molecule has 2 saturated heterocycles. The number of amides is 1. The second-order valence-corrected chi connectivity index (χ2v) is 6.48. The molecule has 2 atom stereocenters. The number of aliphatic carboxylic acids is 1. The number of hydrogen-bond acceptors (Lipinski definition) is 3. The number of carboxylic acid groups (broad SMARTS) is 1. The number of carbonyl (C=O) groups excluding carboxylic acids is 1. The Morgan fingerprint density at radius 3 is 2.52 bits per heavy atom. The first kappa shape index (κ1) is 16.3. The molecule has 2 unspecified atom stereocenters. The molecule has 2 fully saturated rings. The van der Waals surface area contributed by atoms with E-state index in [1.165, 1.54) is 6.42 Å². The van der Waals surface area contributed by atoms with Crippen LogP contribution in [0.4, 0.5) is 0 Å². The highest BCUT2D eigenvalue weighted by Gasteiger charge is 2.29. The summed E-state index contributed by atoms with van der Waals surface area (Å²) >= 11 is 0. The van der Waals surface area contributed by atoms with Crippen LogP contribution in [-0.4, -0.2) is 58.5 Å². The van der Waals surface area contributed by atoms with Crippen molar-refractivity contribution in [1.82, 2.24) is 9.80 Å². The van der Waals surface area contributed by atoms with Crippen molar-refractivity contribution in [2.75, 3.05) is 19.6 Å². The van der Waals surface area contributed by atoms with Crippen molar-refractivity contribution >= 4 is 11.9 Å². The molecule has 2 aliphatic heterocycles. The molecule has 1 N–H and O–H groups in total. The van der Waals surface area contributed by atoms with Crippen molar-refractivity contribution in [2.45, 2.75) is 70.4 Å². The Morgan fingerprint density at radius 2 is 1.81 bits per heavy atom. The molecule has 2 rings (SSSR count). The summed E-state index contributed by atoms with van der Waals surface area (Å²) < 4.78 is 0. The van der Waals surface area contributed by atoms with Crippen molar-refractivity contribution < 1.29 is 14.7 Å². The molecule has 0 aliphatic carbocycles. The van der Waals surface area contributed by atoms with Crippen LogP contribution in [0, 0.1) is 0 Å². The molecular weight excluding hydrogens is 268 g/mol. The van der Waals surface area contributed by atoms with Crippen LogP contribution < -0.4 is 0 Å². The molecule has 5 heteroatoms. The lowest BCUT2D eigenvalue weighted by atomic mass is 9.97. The standard InChI is InChI=1S/C16H28N2O3/c1-13-6-2-5-11-18(13)15(19)12-17-10-4-3-7-14(17)8-9-16(20)21/h13-14H,2-12H2,1H3,(H,20,21). The fourth-order valence-corrected chi connectivity index (χ4v) is 3.62. The van der Waals surface area contributed by atoms with E-state index in [9.17, 15) is 9.59 Å². The van der Waals surface area contributed by atoms with Gasteiger partial charge in [0.15, 0.2) is 0 Å². The van der Waals surface area contributed by atoms with Crippen molar-refractivity contribution in [3.8, 4) is 0 Å². The number of nitrogens with zero attached hydrogens (tertiary/aromatic N) is 2. The summed E-state index contributed by atoms with van der Waals surface area (Å²) in [7, 11) is 0. The van der Waals surface area contributed by atoms with E-state index in [0.29, 0.717) is 19.0 Å². The van der Waals surface area contributed by atoms with Crippen molar-refractivity contribution in [3.63, 3.8) is 0 Å². The van der Waals surface area contributed by atoms with Crippen LogP contribution in [0.3, 0.4) is 0 Å². The maximum atomic E-state index is 12.5. The van der Waals surface area contributed by atoms with Gasteiger partial charge >= 0.3 is 5.97 Å². The van der Waals surface area contributed by atoms with Crippen molar-refractivity contribution in [1.29, 1.82) is 0 Å². The average Bonchev–Trinajstić information content (AvgIpc) is 2.46. The Morgan fingerprint density at radius 1 is 1.10 bits per heavy atom. The third-order valence-electron chi connectivity index (χ3n) is 4.90. The van der Waals surface area contributed by atoms with E-state index in [0.717, 1.165) is 45.2 Å². The zero-order valence-corrected chi connectivity index (χ0v) is 13.1. The van der Waals surface area contributed by atoms with Gasteiger partial charge in [-0.1, -0.05) is 6.42 Å². The first-order chi connectivity index (χ1) is 10.1. The van der Waals surface area contributed by atoms with Gasteiger partial charge < -0.3 is 10.0 Å². The van der Waals surface area contributed by atoms with E-state index in [1.54, 1.807) is 0 Å². The van der Waals surface area contributed by atoms with Crippen molar-refractivity contribution in [2.24, 2.45) is 0 Å². The molecule has 0 bridgehead atoms. The summed E-state index contributed by atoms with van der Waals surface area (Å²) in [4.78, 5) is 27.5. The van der Waals surface area contributed by atoms with Gasteiger partial charge in [0.2, 0.25) is 5.91 Å². The number of likely N-dealkylation sites (tertiary alicyclic amines) is 2. The van der Waals surface area contributed by atoms with Gasteiger partial charge in [-0.2, -0.15) is 0 Å². The van der Waals surface area contributed by atoms with E-state index < -0.39 is 5.97 Å². The van der Waals surface area contributed by atoms with E-state index in [-0.39, 0.29) is 18.4 Å². The zero-order valence-electron chi connectivity index (χ0n) is 13.1. The Bertz CT molecular complexity index is 373. The SMILES string of the molecule is CC1CCCCN1C(=O)CN1CCCCC1CCC(=O)O. The predicted octanol–water partition coefficient (Wildman–Crippen LogP) is 2.11. The third-order valence-corrected chi connectivity index (χ3v) is 4.90. The lowest BCUT2D eigenvalue weighted by molar-refractivity contribution is -0.137. The molecule has 0 spiro atoms. The second-order valence-electron chi connectivity index (χ2n) is 6.48. The van der Waals surface area contributed by atoms with Crippen LogP contribution in [0.15, 0.2) is 0 Å². The summed E-state index contributed by atoms with van der Waals surface area (Å²) in [5.74, 6) is -0.513. The summed E-state index contributed by atoms with van der Waals surface area (Å²) in [5.41, 5.74) is 0. The minimum Gasteiger partial charge on any atom is -0.481 e. The van der Waals surface area contributed by atoms with Gasteiger partial charge in [-0.05, 0) is 52.0 Å². The molecule has 0 aromatic carbocycles. The number of carbonyl (C=O) groups is 2. The minimum absolute atomic E-state index is 0.204. The quantitative estimate of drug-likeness (QED) is 0.844. The summed E-state index contributed by atoms with van der Waals surface area (Å²) in [6.07, 6.45) is 7.59. The first-order valence-electron chi connectivity index (χ1n) is 8.33. The third kappa shape index (κ3) is 4.70. The Labute approximate surface area is 127 Å². The highest BCUT2D eigenvalue weighted by molar-refractivity contribution is 5.78. The Kier molecular flexibility index (Phi) is 6.03. The molecule has 5 nitrogen and oxygen atoms in total. The van der Waals surface area contributed by atoms with Crippen LogP contribution in [0.5, 0.6) is 0 Å². The number of hydrogen-bond donors (Lipinski definition) is 1. The highest BCUT2D eigenvalue weighted by Crippen LogP contribution is 2.22. The number of carboxylic acids is 1. The van der Waals surface area contributed by atoms with Gasteiger partial charge in [-0.25, -0.2) is 0 Å². The topological polar surface area (TPSA) is 60.9 Å². The molecule has 0 aromatic rings. The maximum Gasteiger partial charge on any atom is 0.303 e. The first-order valence-corrected chi connectivity index (χ1v) is 8.33. The van der Waals surface area contributed by atoms with Gasteiger partial charge in [0.05, 0.1) is 6.54 Å². The average molecular weight is 296 g/mol. The lowest BCUT2D eigenvalue weighted by Crippen LogP contribution is -2.50. The molecule has 2 heterocycles. The fourth-order valence-electron chi connectivity index (χ4n) is 3.62. The van der Waals surface area contributed by atoms with Gasteiger partial charge in [0.25, 0.3) is 0 Å². The van der Waals surface area contributed by atoms with Gasteiger partial charge in [-0.15, -0.1) is 0 Å². The molecule has 0 radical (unpaired) electrons. The molecule has 0 saturated carbocycles. The number of piperidine rings is 2. The van der Waals surface area contributed by atoms with E-state index in [2.05, 4.69) is 11.8 Å². The molecular formula is C16H28N2O3. The Hall–Kier alpha value is -1.10. The van der Waals surface area contributed by atoms with Gasteiger partial charge in [-0.3, -0.25) is 14.5 Å². The molecule has 1 amide bonds. The fraction of sp³-hybridized carbons (Fsp3) is 0.875. The highest BCUT2D eigenvalue weighted by atomic mass is 16.4. The predicted molar refractivity (Wildman–Crippen MR) is 81.1 cm³/mol. The van der Waals surface area contributed by atoms with Crippen LogP contribution in [0.1, 0.15) is 58.3 Å². The van der Waals surface area contributed by atoms with Crippen LogP contribution in [0.25, 0.3) is 0 Å². The summed E-state index contributed by atoms with van der Waals surface area (Å²) in [6, 6.07) is 0.618. The lowest BCUT2D eigenvalue weighted by Gasteiger charge is -2.39. The molecule has 120 valence electrons. The van der Waals surface area contributed by atoms with Crippen molar-refractivity contribution in [3.05, 3.63) is 0 Å². The number of rotatable bonds is 5. The van der Waals surface area contributed by atoms with Crippen LogP contribution in [0.2, 0.25) is 0 Å². The smallest absolute Gasteiger partial charge is 0.303 e. The zero-order chi connectivity index (χ0) is 15.2. The minimum atomic E-state index is -0.739. The van der Waals surface area contributed by atoms with Gasteiger partial charge in [0.1, 0.15) is 0 Å². The summed E-state index contributed by atoms with van der Waals surface area (Å²) in [5, 5.41) is 8.86. The second kappa shape index (κ2) is 7.78. The molecule has 21 heavy (non-hydrogen) atoms. The van der Waals surface area contributed by atoms with Gasteiger partial charge in [0, 0.05) is 25.0 Å². The monoisotopic (exact) mass is 296 g/mol. The maximum absolute atomic E-state index is 12.5. The van der Waals surface area contributed by atoms with E-state index >= 15 is 0 Å². The molecule has 0 aromatic heterocycles. The molecule has 2 aliphatic rings.